The van der Waals surface area contributed by atoms with E-state index in [2.05, 4.69) is 6.92 Å². The lowest BCUT2D eigenvalue weighted by Gasteiger charge is -2.07. The maximum atomic E-state index is 2.30. The van der Waals surface area contributed by atoms with Crippen LogP contribution in [0.3, 0.4) is 0 Å². The van der Waals surface area contributed by atoms with Crippen molar-refractivity contribution in [3.63, 3.8) is 0 Å². The van der Waals surface area contributed by atoms with Crippen LogP contribution in [0.15, 0.2) is 0 Å². The van der Waals surface area contributed by atoms with Gasteiger partial charge in [0, 0.05) is 0 Å². The highest BCUT2D eigenvalue weighted by Gasteiger charge is 2.14. The first kappa shape index (κ1) is 16.1. The molecule has 0 heterocycles. The van der Waals surface area contributed by atoms with Gasteiger partial charge in [0.05, 0.1) is 0 Å². The lowest BCUT2D eigenvalue weighted by atomic mass is 9.99. The second kappa shape index (κ2) is 12.1. The number of unbranched alkanes of at least 4 members (excludes halogenated alkanes) is 10. The Bertz CT molecular complexity index is 155. The van der Waals surface area contributed by atoms with Crippen LogP contribution in [0.25, 0.3) is 0 Å². The van der Waals surface area contributed by atoms with Crippen molar-refractivity contribution in [1.29, 1.82) is 0 Å². The molecule has 0 aromatic rings. The molecule has 0 nitrogen and oxygen atoms in total. The van der Waals surface area contributed by atoms with Crippen molar-refractivity contribution in [2.75, 3.05) is 0 Å². The van der Waals surface area contributed by atoms with Crippen LogP contribution in [-0.4, -0.2) is 0 Å². The third-order valence-electron chi connectivity index (χ3n) is 4.44. The minimum absolute atomic E-state index is 1.37. The summed E-state index contributed by atoms with van der Waals surface area (Å²) in [5, 5.41) is 0. The average Bonchev–Trinajstić information content (AvgIpc) is 2.89. The average molecular weight is 251 g/mol. The fourth-order valence-corrected chi connectivity index (χ4v) is 3.16. The molecule has 0 atom stereocenters. The molecule has 0 N–H and O–H groups in total. The zero-order valence-electron chi connectivity index (χ0n) is 12.8. The minimum Gasteiger partial charge on any atom is -0.0654 e. The van der Waals surface area contributed by atoms with Gasteiger partial charge in [0.25, 0.3) is 0 Å². The highest BCUT2D eigenvalue weighted by Crippen LogP contribution is 2.31. The topological polar surface area (TPSA) is 0 Å². The highest BCUT2D eigenvalue weighted by atomic mass is 14.2. The monoisotopic (exact) mass is 251 g/mol. The molecule has 0 heteroatoms. The molecular weight excluding hydrogens is 216 g/mol. The zero-order chi connectivity index (χ0) is 12.9. The fraction of sp³-hybridized carbons (Fsp3) is 0.944. The van der Waals surface area contributed by atoms with E-state index in [0.717, 1.165) is 0 Å². The van der Waals surface area contributed by atoms with Gasteiger partial charge < -0.3 is 0 Å². The van der Waals surface area contributed by atoms with Gasteiger partial charge in [-0.15, -0.1) is 0 Å². The van der Waals surface area contributed by atoms with Crippen molar-refractivity contribution in [3.8, 4) is 0 Å². The summed E-state index contributed by atoms with van der Waals surface area (Å²) < 4.78 is 0. The van der Waals surface area contributed by atoms with Gasteiger partial charge in [-0.05, 0) is 25.2 Å². The molecule has 1 rings (SSSR count). The summed E-state index contributed by atoms with van der Waals surface area (Å²) in [5.41, 5.74) is 0. The summed E-state index contributed by atoms with van der Waals surface area (Å²) in [6, 6.07) is 0. The molecule has 107 valence electrons. The van der Waals surface area contributed by atoms with E-state index in [0.29, 0.717) is 0 Å². The Hall–Kier alpha value is 0. The number of hydrogen-bond acceptors (Lipinski definition) is 0. The third-order valence-corrected chi connectivity index (χ3v) is 4.44. The van der Waals surface area contributed by atoms with Crippen LogP contribution < -0.4 is 0 Å². The Morgan fingerprint density at radius 2 is 1.06 bits per heavy atom. The first-order chi connectivity index (χ1) is 8.93. The molecule has 0 spiro atoms. The zero-order valence-corrected chi connectivity index (χ0v) is 12.8. The smallest absolute Gasteiger partial charge is 0.0241 e. The molecule has 1 aliphatic rings. The van der Waals surface area contributed by atoms with E-state index in [1.54, 1.807) is 0 Å². The molecule has 0 aromatic carbocycles. The van der Waals surface area contributed by atoms with Gasteiger partial charge >= 0.3 is 0 Å². The Kier molecular flexibility index (Phi) is 10.8. The molecule has 0 saturated heterocycles. The summed E-state index contributed by atoms with van der Waals surface area (Å²) in [7, 11) is 0. The lowest BCUT2D eigenvalue weighted by molar-refractivity contribution is 0.543. The van der Waals surface area contributed by atoms with Crippen LogP contribution >= 0.6 is 0 Å². The van der Waals surface area contributed by atoms with Gasteiger partial charge in [0.1, 0.15) is 0 Å². The Morgan fingerprint density at radius 3 is 1.56 bits per heavy atom. The van der Waals surface area contributed by atoms with Gasteiger partial charge in [-0.3, -0.25) is 0 Å². The van der Waals surface area contributed by atoms with Crippen molar-refractivity contribution in [3.05, 3.63) is 5.92 Å². The highest BCUT2D eigenvalue weighted by molar-refractivity contribution is 4.93. The Balaban J connectivity index is 1.68. The van der Waals surface area contributed by atoms with Crippen LogP contribution in [0.4, 0.5) is 0 Å². The summed E-state index contributed by atoms with van der Waals surface area (Å²) in [6.07, 6.45) is 23.5. The van der Waals surface area contributed by atoms with Crippen molar-refractivity contribution in [2.24, 2.45) is 0 Å². The normalized spacial score (nSPS) is 16.5. The SMILES string of the molecule is CCCCCCCCCCCCC[C]1CCCC1. The van der Waals surface area contributed by atoms with E-state index in [1.165, 1.54) is 103 Å². The molecule has 0 aliphatic heterocycles. The van der Waals surface area contributed by atoms with E-state index >= 15 is 0 Å². The van der Waals surface area contributed by atoms with Gasteiger partial charge in [-0.2, -0.15) is 0 Å². The molecule has 1 saturated carbocycles. The number of hydrogen-bond donors (Lipinski definition) is 0. The van der Waals surface area contributed by atoms with E-state index in [-0.39, 0.29) is 0 Å². The molecule has 1 fully saturated rings. The third kappa shape index (κ3) is 9.00. The summed E-state index contributed by atoms with van der Waals surface area (Å²) >= 11 is 0. The van der Waals surface area contributed by atoms with E-state index in [1.807, 2.05) is 5.92 Å². The first-order valence-electron chi connectivity index (χ1n) is 8.77. The van der Waals surface area contributed by atoms with Crippen molar-refractivity contribution in [2.45, 2.75) is 110 Å². The van der Waals surface area contributed by atoms with Crippen LogP contribution in [0.5, 0.6) is 0 Å². The van der Waals surface area contributed by atoms with Crippen LogP contribution in [0, 0.1) is 5.92 Å². The fourth-order valence-electron chi connectivity index (χ4n) is 3.16. The molecule has 0 bridgehead atoms. The Morgan fingerprint density at radius 1 is 0.611 bits per heavy atom. The molecule has 1 radical (unpaired) electrons. The minimum atomic E-state index is 1.37. The van der Waals surface area contributed by atoms with E-state index in [4.69, 9.17) is 0 Å². The standard InChI is InChI=1S/C18H35/c1-2-3-4-5-6-7-8-9-10-11-12-15-18-16-13-14-17-18/h2-17H2,1H3. The van der Waals surface area contributed by atoms with Gasteiger partial charge in [0.15, 0.2) is 0 Å². The quantitative estimate of drug-likeness (QED) is 0.333. The largest absolute Gasteiger partial charge is 0.0654 e. The Labute approximate surface area is 116 Å². The lowest BCUT2D eigenvalue weighted by Crippen LogP contribution is -1.90. The van der Waals surface area contributed by atoms with Gasteiger partial charge in [0.2, 0.25) is 0 Å². The summed E-state index contributed by atoms with van der Waals surface area (Å²) in [5.74, 6) is 1.88. The van der Waals surface area contributed by atoms with E-state index in [9.17, 15) is 0 Å². The first-order valence-corrected chi connectivity index (χ1v) is 8.77. The summed E-state index contributed by atoms with van der Waals surface area (Å²) in [4.78, 5) is 0. The summed E-state index contributed by atoms with van der Waals surface area (Å²) in [6.45, 7) is 2.30. The van der Waals surface area contributed by atoms with Crippen LogP contribution in [0.1, 0.15) is 110 Å². The second-order valence-corrected chi connectivity index (χ2v) is 6.24. The second-order valence-electron chi connectivity index (χ2n) is 6.24. The maximum absolute atomic E-state index is 2.30. The maximum Gasteiger partial charge on any atom is -0.0241 e. The van der Waals surface area contributed by atoms with E-state index < -0.39 is 0 Å². The van der Waals surface area contributed by atoms with Crippen molar-refractivity contribution < 1.29 is 0 Å². The molecule has 0 aromatic heterocycles. The molecule has 0 unspecified atom stereocenters. The molecule has 18 heavy (non-hydrogen) atoms. The predicted molar refractivity (Wildman–Crippen MR) is 82.8 cm³/mol. The number of rotatable bonds is 12. The molecule has 1 aliphatic carbocycles. The molecular formula is C18H35. The van der Waals surface area contributed by atoms with Crippen molar-refractivity contribution in [1.82, 2.24) is 0 Å². The van der Waals surface area contributed by atoms with Gasteiger partial charge in [-0.1, -0.05) is 90.4 Å². The van der Waals surface area contributed by atoms with Crippen LogP contribution in [-0.2, 0) is 0 Å². The molecule has 0 amide bonds. The van der Waals surface area contributed by atoms with Crippen molar-refractivity contribution >= 4 is 0 Å². The van der Waals surface area contributed by atoms with Gasteiger partial charge in [-0.25, -0.2) is 0 Å². The van der Waals surface area contributed by atoms with Crippen LogP contribution in [0.2, 0.25) is 0 Å². The predicted octanol–water partition coefficient (Wildman–Crippen LogP) is 6.84.